The second-order valence-corrected chi connectivity index (χ2v) is 7.45. The number of aliphatic carboxylic acids is 1. The van der Waals surface area contributed by atoms with Gasteiger partial charge in [0.05, 0.1) is 0 Å². The topological polar surface area (TPSA) is 60.9 Å². The summed E-state index contributed by atoms with van der Waals surface area (Å²) in [5, 5.41) is 9.22. The largest absolute Gasteiger partial charge is 0.480 e. The smallest absolute Gasteiger partial charge is 0.326 e. The summed E-state index contributed by atoms with van der Waals surface area (Å²) in [6.07, 6.45) is 4.55. The van der Waals surface area contributed by atoms with Gasteiger partial charge in [-0.15, -0.1) is 0 Å². The normalized spacial score (nSPS) is 27.6. The monoisotopic (exact) mass is 296 g/mol. The molecule has 5 heteroatoms. The number of urea groups is 1. The zero-order valence-electron chi connectivity index (χ0n) is 13.5. The van der Waals surface area contributed by atoms with Crippen LogP contribution in [0.4, 0.5) is 4.79 Å². The van der Waals surface area contributed by atoms with Gasteiger partial charge in [-0.3, -0.25) is 0 Å². The molecule has 1 unspecified atom stereocenters. The summed E-state index contributed by atoms with van der Waals surface area (Å²) in [6, 6.07) is -0.700. The second-order valence-electron chi connectivity index (χ2n) is 7.45. The number of rotatable bonds is 1. The quantitative estimate of drug-likeness (QED) is 0.809. The minimum atomic E-state index is -0.872. The van der Waals surface area contributed by atoms with Crippen LogP contribution in [0.3, 0.4) is 0 Å². The van der Waals surface area contributed by atoms with Gasteiger partial charge in [0.15, 0.2) is 0 Å². The molecule has 2 saturated heterocycles. The highest BCUT2D eigenvalue weighted by molar-refractivity contribution is 5.83. The molecule has 2 heterocycles. The number of hydrogen-bond donors (Lipinski definition) is 1. The molecule has 0 bridgehead atoms. The minimum Gasteiger partial charge on any atom is -0.480 e. The lowest BCUT2D eigenvalue weighted by atomic mass is 9.77. The third-order valence-corrected chi connectivity index (χ3v) is 5.01. The number of carboxylic acids is 1. The maximum Gasteiger partial charge on any atom is 0.326 e. The van der Waals surface area contributed by atoms with Crippen LogP contribution >= 0.6 is 0 Å². The van der Waals surface area contributed by atoms with Gasteiger partial charge in [0.1, 0.15) is 6.04 Å². The first-order valence-electron chi connectivity index (χ1n) is 8.09. The van der Waals surface area contributed by atoms with E-state index < -0.39 is 12.0 Å². The van der Waals surface area contributed by atoms with Gasteiger partial charge in [0.2, 0.25) is 0 Å². The number of amides is 2. The van der Waals surface area contributed by atoms with Crippen LogP contribution in [0.5, 0.6) is 0 Å². The highest BCUT2D eigenvalue weighted by atomic mass is 16.4. The maximum absolute atomic E-state index is 12.6. The molecule has 2 fully saturated rings. The number of likely N-dealkylation sites (tertiary alicyclic amines) is 2. The molecule has 5 nitrogen and oxygen atoms in total. The predicted molar refractivity (Wildman–Crippen MR) is 81.1 cm³/mol. The molecule has 2 rings (SSSR count). The van der Waals surface area contributed by atoms with Crippen LogP contribution in [-0.2, 0) is 4.79 Å². The minimum absolute atomic E-state index is 0.0746. The molecule has 1 N–H and O–H groups in total. The molecule has 2 atom stereocenters. The molecule has 0 aromatic rings. The zero-order valence-corrected chi connectivity index (χ0v) is 13.5. The standard InChI is InChI=1S/C16H28N2O3/c1-16(2,3)12-6-4-9-17(11-8-12)15(21)18-10-5-7-13(18)14(19)20/h12-13H,4-11H2,1-3H3,(H,19,20)/t12?,13-/m0/s1. The van der Waals surface area contributed by atoms with E-state index in [1.807, 2.05) is 4.90 Å². The van der Waals surface area contributed by atoms with Gasteiger partial charge in [0, 0.05) is 19.6 Å². The summed E-state index contributed by atoms with van der Waals surface area (Å²) >= 11 is 0. The van der Waals surface area contributed by atoms with E-state index in [1.54, 1.807) is 4.90 Å². The molecule has 0 aromatic heterocycles. The van der Waals surface area contributed by atoms with Crippen molar-refractivity contribution in [3.8, 4) is 0 Å². The molecule has 0 spiro atoms. The average molecular weight is 296 g/mol. The lowest BCUT2D eigenvalue weighted by molar-refractivity contribution is -0.141. The third kappa shape index (κ3) is 3.69. The first-order chi connectivity index (χ1) is 9.80. The van der Waals surface area contributed by atoms with Gasteiger partial charge in [-0.25, -0.2) is 9.59 Å². The van der Waals surface area contributed by atoms with Crippen LogP contribution < -0.4 is 0 Å². The highest BCUT2D eigenvalue weighted by Crippen LogP contribution is 2.34. The Hall–Kier alpha value is -1.26. The molecule has 0 aliphatic carbocycles. The fourth-order valence-corrected chi connectivity index (χ4v) is 3.59. The number of carbonyl (C=O) groups is 2. The van der Waals surface area contributed by atoms with Crippen molar-refractivity contribution in [3.05, 3.63) is 0 Å². The fraction of sp³-hybridized carbons (Fsp3) is 0.875. The van der Waals surface area contributed by atoms with Crippen molar-refractivity contribution in [1.82, 2.24) is 9.80 Å². The van der Waals surface area contributed by atoms with Crippen molar-refractivity contribution in [2.75, 3.05) is 19.6 Å². The summed E-state index contributed by atoms with van der Waals surface area (Å²) in [7, 11) is 0. The molecule has 0 aromatic carbocycles. The summed E-state index contributed by atoms with van der Waals surface area (Å²) in [4.78, 5) is 27.3. The van der Waals surface area contributed by atoms with Gasteiger partial charge in [-0.1, -0.05) is 20.8 Å². The number of nitrogens with zero attached hydrogens (tertiary/aromatic N) is 2. The predicted octanol–water partition coefficient (Wildman–Crippen LogP) is 2.80. The zero-order chi connectivity index (χ0) is 15.6. The van der Waals surface area contributed by atoms with Crippen LogP contribution in [-0.4, -0.2) is 52.6 Å². The average Bonchev–Trinajstić information content (AvgIpc) is 2.73. The molecule has 0 radical (unpaired) electrons. The summed E-state index contributed by atoms with van der Waals surface area (Å²) in [5.74, 6) is -0.243. The Morgan fingerprint density at radius 2 is 1.67 bits per heavy atom. The van der Waals surface area contributed by atoms with E-state index >= 15 is 0 Å². The second kappa shape index (κ2) is 6.24. The van der Waals surface area contributed by atoms with Crippen LogP contribution in [0.1, 0.15) is 52.9 Å². The summed E-state index contributed by atoms with van der Waals surface area (Å²) in [6.45, 7) is 8.87. The van der Waals surface area contributed by atoms with Crippen LogP contribution in [0.25, 0.3) is 0 Å². The van der Waals surface area contributed by atoms with Crippen molar-refractivity contribution in [1.29, 1.82) is 0 Å². The van der Waals surface area contributed by atoms with Crippen molar-refractivity contribution in [2.45, 2.75) is 58.9 Å². The Morgan fingerprint density at radius 1 is 1.00 bits per heavy atom. The third-order valence-electron chi connectivity index (χ3n) is 5.01. The van der Waals surface area contributed by atoms with Crippen LogP contribution in [0.15, 0.2) is 0 Å². The van der Waals surface area contributed by atoms with Crippen molar-refractivity contribution < 1.29 is 14.7 Å². The summed E-state index contributed by atoms with van der Waals surface area (Å²) < 4.78 is 0. The van der Waals surface area contributed by atoms with Gasteiger partial charge >= 0.3 is 12.0 Å². The van der Waals surface area contributed by atoms with Crippen molar-refractivity contribution in [2.24, 2.45) is 11.3 Å². The molecule has 120 valence electrons. The van der Waals surface area contributed by atoms with Gasteiger partial charge in [-0.05, 0) is 43.4 Å². The first kappa shape index (κ1) is 16.1. The molecular weight excluding hydrogens is 268 g/mol. The van der Waals surface area contributed by atoms with Gasteiger partial charge < -0.3 is 14.9 Å². The molecule has 2 amide bonds. The van der Waals surface area contributed by atoms with Crippen molar-refractivity contribution in [3.63, 3.8) is 0 Å². The lowest BCUT2D eigenvalue weighted by Gasteiger charge is -2.31. The fourth-order valence-electron chi connectivity index (χ4n) is 3.59. The van der Waals surface area contributed by atoms with E-state index in [-0.39, 0.29) is 11.4 Å². The molecule has 2 aliphatic heterocycles. The van der Waals surface area contributed by atoms with E-state index in [1.165, 1.54) is 0 Å². The van der Waals surface area contributed by atoms with E-state index in [0.717, 1.165) is 38.8 Å². The Labute approximate surface area is 127 Å². The van der Waals surface area contributed by atoms with E-state index in [0.29, 0.717) is 18.9 Å². The maximum atomic E-state index is 12.6. The Balaban J connectivity index is 1.99. The van der Waals surface area contributed by atoms with Crippen LogP contribution in [0, 0.1) is 11.3 Å². The van der Waals surface area contributed by atoms with Gasteiger partial charge in [0.25, 0.3) is 0 Å². The molecular formula is C16H28N2O3. The van der Waals surface area contributed by atoms with E-state index in [9.17, 15) is 14.7 Å². The van der Waals surface area contributed by atoms with E-state index in [2.05, 4.69) is 20.8 Å². The number of hydrogen-bond acceptors (Lipinski definition) is 2. The highest BCUT2D eigenvalue weighted by Gasteiger charge is 2.37. The number of carbonyl (C=O) groups excluding carboxylic acids is 1. The van der Waals surface area contributed by atoms with Crippen molar-refractivity contribution >= 4 is 12.0 Å². The summed E-state index contributed by atoms with van der Waals surface area (Å²) in [5.41, 5.74) is 0.274. The molecule has 0 saturated carbocycles. The Bertz CT molecular complexity index is 403. The molecule has 21 heavy (non-hydrogen) atoms. The first-order valence-corrected chi connectivity index (χ1v) is 8.09. The lowest BCUT2D eigenvalue weighted by Crippen LogP contribution is -2.48. The van der Waals surface area contributed by atoms with E-state index in [4.69, 9.17) is 0 Å². The van der Waals surface area contributed by atoms with Crippen LogP contribution in [0.2, 0.25) is 0 Å². The Kier molecular flexibility index (Phi) is 4.79. The molecule has 2 aliphatic rings. The van der Waals surface area contributed by atoms with Gasteiger partial charge in [-0.2, -0.15) is 0 Å². The SMILES string of the molecule is CC(C)(C)C1CCCN(C(=O)N2CCC[C@H]2C(=O)O)CC1. The Morgan fingerprint density at radius 3 is 2.29 bits per heavy atom. The number of carboxylic acid groups (broad SMARTS) is 1.